The number of carbonyl (C=O) groups excluding carboxylic acids is 3. The Labute approximate surface area is 192 Å². The summed E-state index contributed by atoms with van der Waals surface area (Å²) in [6, 6.07) is 10.3. The number of nitrogens with zero attached hydrogens (tertiary/aromatic N) is 2. The van der Waals surface area contributed by atoms with Gasteiger partial charge in [-0.25, -0.2) is 4.90 Å². The second-order valence-electron chi connectivity index (χ2n) is 8.15. The van der Waals surface area contributed by atoms with Crippen LogP contribution in [0.2, 0.25) is 0 Å². The summed E-state index contributed by atoms with van der Waals surface area (Å²) in [5, 5.41) is 12.5. The summed E-state index contributed by atoms with van der Waals surface area (Å²) in [5.74, 6) is -1.90. The van der Waals surface area contributed by atoms with Crippen LogP contribution in [0, 0.1) is 5.92 Å². The Morgan fingerprint density at radius 3 is 2.29 bits per heavy atom. The van der Waals surface area contributed by atoms with E-state index < -0.39 is 30.0 Å². The Kier molecular flexibility index (Phi) is 6.47. The molecule has 2 aromatic carbocycles. The van der Waals surface area contributed by atoms with Gasteiger partial charge in [-0.05, 0) is 62.3 Å². The van der Waals surface area contributed by atoms with Crippen molar-refractivity contribution >= 4 is 29.1 Å². The van der Waals surface area contributed by atoms with Gasteiger partial charge in [-0.3, -0.25) is 19.3 Å². The number of benzene rings is 2. The highest BCUT2D eigenvalue weighted by molar-refractivity contribution is 6.22. The summed E-state index contributed by atoms with van der Waals surface area (Å²) in [7, 11) is 0. The van der Waals surface area contributed by atoms with Crippen LogP contribution >= 0.6 is 0 Å². The average Bonchev–Trinajstić information content (AvgIpc) is 3.09. The zero-order valence-electron chi connectivity index (χ0n) is 17.9. The predicted molar refractivity (Wildman–Crippen MR) is 115 cm³/mol. The third-order valence-corrected chi connectivity index (χ3v) is 5.95. The summed E-state index contributed by atoms with van der Waals surface area (Å²) in [5.41, 5.74) is 0.498. The number of phenols is 1. The lowest BCUT2D eigenvalue weighted by Crippen LogP contribution is -2.47. The van der Waals surface area contributed by atoms with Gasteiger partial charge in [0.05, 0.1) is 23.8 Å². The van der Waals surface area contributed by atoms with Crippen molar-refractivity contribution in [3.05, 3.63) is 48.5 Å². The largest absolute Gasteiger partial charge is 0.573 e. The maximum Gasteiger partial charge on any atom is 0.573 e. The summed E-state index contributed by atoms with van der Waals surface area (Å²) in [6.45, 7) is 0.851. The molecule has 4 rings (SSSR count). The van der Waals surface area contributed by atoms with Gasteiger partial charge in [0.1, 0.15) is 11.5 Å². The minimum absolute atomic E-state index is 0.0264. The van der Waals surface area contributed by atoms with Crippen molar-refractivity contribution in [3.8, 4) is 11.5 Å². The van der Waals surface area contributed by atoms with Crippen molar-refractivity contribution in [2.75, 3.05) is 23.3 Å². The molecule has 0 unspecified atom stereocenters. The summed E-state index contributed by atoms with van der Waals surface area (Å²) < 4.78 is 40.9. The Morgan fingerprint density at radius 1 is 1.03 bits per heavy atom. The standard InChI is InChI=1S/C23H22F3N3O5/c24-23(25,26)34-16-7-5-15(6-8-16)29-20(31)13-18(22(29)33)28-11-9-14(10-12-28)21(32)27-17-3-1-2-4-19(17)30/h1-8,14,18,30H,9-13H2,(H,27,32)/t18-/m0/s1. The van der Waals surface area contributed by atoms with Gasteiger partial charge in [0.2, 0.25) is 11.8 Å². The van der Waals surface area contributed by atoms with Crippen molar-refractivity contribution in [2.45, 2.75) is 31.7 Å². The number of halogens is 3. The fraction of sp³-hybridized carbons (Fsp3) is 0.348. The Hall–Kier alpha value is -3.60. The number of amides is 3. The number of likely N-dealkylation sites (tertiary alicyclic amines) is 1. The molecule has 180 valence electrons. The highest BCUT2D eigenvalue weighted by Gasteiger charge is 2.44. The van der Waals surface area contributed by atoms with Crippen LogP contribution in [0.25, 0.3) is 0 Å². The summed E-state index contributed by atoms with van der Waals surface area (Å²) in [6.07, 6.45) is -3.94. The lowest BCUT2D eigenvalue weighted by molar-refractivity contribution is -0.274. The maximum atomic E-state index is 13.0. The van der Waals surface area contributed by atoms with E-state index in [1.54, 1.807) is 18.2 Å². The number of phenolic OH excluding ortho intramolecular Hbond substituents is 1. The Morgan fingerprint density at radius 2 is 1.68 bits per heavy atom. The number of anilines is 2. The molecule has 2 aliphatic heterocycles. The number of alkyl halides is 3. The molecule has 34 heavy (non-hydrogen) atoms. The van der Waals surface area contributed by atoms with E-state index in [4.69, 9.17) is 0 Å². The van der Waals surface area contributed by atoms with Gasteiger partial charge in [-0.2, -0.15) is 0 Å². The quantitative estimate of drug-likeness (QED) is 0.507. The lowest BCUT2D eigenvalue weighted by atomic mass is 9.94. The topological polar surface area (TPSA) is 99.2 Å². The van der Waals surface area contributed by atoms with Crippen molar-refractivity contribution in [1.82, 2.24) is 4.90 Å². The van der Waals surface area contributed by atoms with E-state index in [0.29, 0.717) is 31.6 Å². The molecule has 2 heterocycles. The van der Waals surface area contributed by atoms with Gasteiger partial charge in [-0.15, -0.1) is 13.2 Å². The molecule has 0 aromatic heterocycles. The number of para-hydroxylation sites is 2. The normalized spacial score (nSPS) is 20.0. The molecule has 2 aliphatic rings. The molecule has 0 saturated carbocycles. The Balaban J connectivity index is 1.35. The van der Waals surface area contributed by atoms with Crippen LogP contribution in [-0.4, -0.2) is 53.2 Å². The van der Waals surface area contributed by atoms with Crippen molar-refractivity contribution in [1.29, 1.82) is 0 Å². The molecule has 3 amide bonds. The predicted octanol–water partition coefficient (Wildman–Crippen LogP) is 3.27. The molecule has 0 radical (unpaired) electrons. The number of imide groups is 1. The minimum atomic E-state index is -4.84. The van der Waals surface area contributed by atoms with Crippen molar-refractivity contribution in [3.63, 3.8) is 0 Å². The monoisotopic (exact) mass is 477 g/mol. The molecule has 2 saturated heterocycles. The van der Waals surface area contributed by atoms with Crippen LogP contribution in [0.15, 0.2) is 48.5 Å². The van der Waals surface area contributed by atoms with Crippen LogP contribution in [0.1, 0.15) is 19.3 Å². The third-order valence-electron chi connectivity index (χ3n) is 5.95. The second kappa shape index (κ2) is 9.34. The van der Waals surface area contributed by atoms with Gasteiger partial charge in [-0.1, -0.05) is 12.1 Å². The average molecular weight is 477 g/mol. The number of nitrogens with one attached hydrogen (secondary N) is 1. The lowest BCUT2D eigenvalue weighted by Gasteiger charge is -2.34. The van der Waals surface area contributed by atoms with E-state index in [-0.39, 0.29) is 29.7 Å². The van der Waals surface area contributed by atoms with E-state index in [2.05, 4.69) is 10.1 Å². The molecular weight excluding hydrogens is 455 g/mol. The molecule has 2 N–H and O–H groups in total. The molecule has 0 aliphatic carbocycles. The first-order chi connectivity index (χ1) is 16.1. The van der Waals surface area contributed by atoms with Gasteiger partial charge < -0.3 is 15.2 Å². The van der Waals surface area contributed by atoms with Crippen molar-refractivity contribution < 1.29 is 37.4 Å². The molecule has 2 aromatic rings. The zero-order chi connectivity index (χ0) is 24.5. The Bertz CT molecular complexity index is 1080. The number of rotatable bonds is 5. The van der Waals surface area contributed by atoms with Gasteiger partial charge >= 0.3 is 6.36 Å². The smallest absolute Gasteiger partial charge is 0.506 e. The number of aromatic hydroxyl groups is 1. The number of hydrogen-bond acceptors (Lipinski definition) is 6. The van der Waals surface area contributed by atoms with Crippen LogP contribution in [-0.2, 0) is 14.4 Å². The highest BCUT2D eigenvalue weighted by Crippen LogP contribution is 2.31. The van der Waals surface area contributed by atoms with Crippen molar-refractivity contribution in [2.24, 2.45) is 5.92 Å². The van der Waals surface area contributed by atoms with E-state index in [0.717, 1.165) is 17.0 Å². The number of ether oxygens (including phenoxy) is 1. The molecule has 8 nitrogen and oxygen atoms in total. The molecule has 0 bridgehead atoms. The van der Waals surface area contributed by atoms with Gasteiger partial charge in [0.25, 0.3) is 5.91 Å². The first-order valence-electron chi connectivity index (χ1n) is 10.7. The van der Waals surface area contributed by atoms with Crippen LogP contribution in [0.4, 0.5) is 24.5 Å². The summed E-state index contributed by atoms with van der Waals surface area (Å²) in [4.78, 5) is 40.9. The van der Waals surface area contributed by atoms with Crippen LogP contribution < -0.4 is 15.0 Å². The molecule has 0 spiro atoms. The van der Waals surface area contributed by atoms with E-state index in [9.17, 15) is 32.7 Å². The first-order valence-corrected chi connectivity index (χ1v) is 10.7. The first kappa shape index (κ1) is 23.6. The highest BCUT2D eigenvalue weighted by atomic mass is 19.4. The van der Waals surface area contributed by atoms with Crippen LogP contribution in [0.3, 0.4) is 0 Å². The van der Waals surface area contributed by atoms with Gasteiger partial charge in [0.15, 0.2) is 0 Å². The molecule has 1 atom stereocenters. The summed E-state index contributed by atoms with van der Waals surface area (Å²) >= 11 is 0. The molecule has 11 heteroatoms. The maximum absolute atomic E-state index is 13.0. The molecule has 2 fully saturated rings. The number of piperidine rings is 1. The van der Waals surface area contributed by atoms with E-state index in [1.807, 2.05) is 4.90 Å². The molecular formula is C23H22F3N3O5. The SMILES string of the molecule is O=C(Nc1ccccc1O)C1CCN([C@H]2CC(=O)N(c3ccc(OC(F)(F)F)cc3)C2=O)CC1. The van der Waals surface area contributed by atoms with Gasteiger partial charge in [0, 0.05) is 5.92 Å². The number of carbonyl (C=O) groups is 3. The second-order valence-corrected chi connectivity index (χ2v) is 8.15. The van der Waals surface area contributed by atoms with E-state index in [1.165, 1.54) is 18.2 Å². The van der Waals surface area contributed by atoms with Crippen LogP contribution in [0.5, 0.6) is 11.5 Å². The van der Waals surface area contributed by atoms with E-state index >= 15 is 0 Å². The third kappa shape index (κ3) is 5.14. The fourth-order valence-corrected chi connectivity index (χ4v) is 4.26. The minimum Gasteiger partial charge on any atom is -0.506 e. The zero-order valence-corrected chi connectivity index (χ0v) is 17.9. The number of hydrogen-bond donors (Lipinski definition) is 2. The fourth-order valence-electron chi connectivity index (χ4n) is 4.26.